The molecule has 2 N–H and O–H groups in total. The number of aromatic nitrogens is 1. The number of anilines is 1. The topological polar surface area (TPSA) is 54.0 Å². The second kappa shape index (κ2) is 6.88. The van der Waals surface area contributed by atoms with Gasteiger partial charge in [0.05, 0.1) is 0 Å². The van der Waals surface area contributed by atoms with Crippen molar-refractivity contribution in [2.24, 2.45) is 0 Å². The lowest BCUT2D eigenvalue weighted by molar-refractivity contribution is 0.0950. The lowest BCUT2D eigenvalue weighted by Gasteiger charge is -2.09. The number of carbonyl (C=O) groups is 1. The smallest absolute Gasteiger partial charge is 0.251 e. The monoisotopic (exact) mass is 283 g/mol. The number of amides is 1. The van der Waals surface area contributed by atoms with Crippen LogP contribution in [0, 0.1) is 6.92 Å². The third kappa shape index (κ3) is 4.05. The van der Waals surface area contributed by atoms with Gasteiger partial charge in [-0.2, -0.15) is 0 Å². The maximum absolute atomic E-state index is 12.3. The fourth-order valence-electron chi connectivity index (χ4n) is 2.02. The van der Waals surface area contributed by atoms with Crippen LogP contribution < -0.4 is 10.6 Å². The summed E-state index contributed by atoms with van der Waals surface area (Å²) in [6.07, 6.45) is 0.799. The number of rotatable bonds is 5. The van der Waals surface area contributed by atoms with Gasteiger partial charge in [-0.15, -0.1) is 0 Å². The molecule has 0 saturated carbocycles. The van der Waals surface area contributed by atoms with Crippen LogP contribution in [0.2, 0.25) is 0 Å². The highest BCUT2D eigenvalue weighted by Crippen LogP contribution is 2.11. The maximum atomic E-state index is 12.3. The molecule has 1 amide bonds. The fraction of sp³-hybridized carbons (Fsp3) is 0.294. The Hall–Kier alpha value is -2.36. The molecule has 1 aromatic carbocycles. The van der Waals surface area contributed by atoms with E-state index in [1.54, 1.807) is 13.1 Å². The predicted molar refractivity (Wildman–Crippen MR) is 85.5 cm³/mol. The molecule has 1 heterocycles. The van der Waals surface area contributed by atoms with Crippen LogP contribution in [0.5, 0.6) is 0 Å². The van der Waals surface area contributed by atoms with E-state index in [0.717, 1.165) is 23.5 Å². The molecule has 0 fully saturated rings. The molecule has 0 unspecified atom stereocenters. The summed E-state index contributed by atoms with van der Waals surface area (Å²) in [5.74, 6) is 0.638. The molecule has 0 spiro atoms. The number of hydrogen-bond donors (Lipinski definition) is 2. The van der Waals surface area contributed by atoms with Gasteiger partial charge in [0.15, 0.2) is 0 Å². The van der Waals surface area contributed by atoms with Crippen molar-refractivity contribution in [1.82, 2.24) is 10.3 Å². The summed E-state index contributed by atoms with van der Waals surface area (Å²) in [6, 6.07) is 11.7. The van der Waals surface area contributed by atoms with Gasteiger partial charge in [-0.05, 0) is 31.0 Å². The van der Waals surface area contributed by atoms with E-state index in [9.17, 15) is 4.79 Å². The molecule has 0 aliphatic carbocycles. The van der Waals surface area contributed by atoms with Crippen LogP contribution in [0.15, 0.2) is 36.4 Å². The molecule has 0 saturated heterocycles. The Balaban J connectivity index is 2.07. The highest BCUT2D eigenvalue weighted by atomic mass is 16.1. The fourth-order valence-corrected chi connectivity index (χ4v) is 2.02. The average Bonchev–Trinajstić information content (AvgIpc) is 2.53. The molecule has 0 atom stereocenters. The first-order valence-electron chi connectivity index (χ1n) is 7.15. The average molecular weight is 283 g/mol. The summed E-state index contributed by atoms with van der Waals surface area (Å²) in [5.41, 5.74) is 3.85. The summed E-state index contributed by atoms with van der Waals surface area (Å²) in [5, 5.41) is 5.93. The van der Waals surface area contributed by atoms with Gasteiger partial charge in [0, 0.05) is 24.8 Å². The normalized spacial score (nSPS) is 10.2. The first-order valence-corrected chi connectivity index (χ1v) is 7.15. The number of carbonyl (C=O) groups excluding carboxylic acids is 1. The van der Waals surface area contributed by atoms with E-state index in [2.05, 4.69) is 15.6 Å². The molecule has 2 aromatic rings. The van der Waals surface area contributed by atoms with Crippen molar-refractivity contribution in [3.8, 4) is 0 Å². The van der Waals surface area contributed by atoms with Crippen LogP contribution in [0.4, 0.5) is 5.82 Å². The Kier molecular flexibility index (Phi) is 4.93. The third-order valence-corrected chi connectivity index (χ3v) is 3.33. The number of pyridine rings is 1. The number of nitrogens with one attached hydrogen (secondary N) is 2. The standard InChI is InChI=1S/C17H21N3O/c1-4-15-9-14(10-16(18-3)20-15)17(21)19-11-13-7-5-12(2)6-8-13/h5-10H,4,11H2,1-3H3,(H,18,20)(H,19,21). The van der Waals surface area contributed by atoms with E-state index in [4.69, 9.17) is 0 Å². The first kappa shape index (κ1) is 15.0. The van der Waals surface area contributed by atoms with E-state index in [0.29, 0.717) is 12.1 Å². The highest BCUT2D eigenvalue weighted by molar-refractivity contribution is 5.94. The SMILES string of the molecule is CCc1cc(C(=O)NCc2ccc(C)cc2)cc(NC)n1. The molecule has 0 bridgehead atoms. The molecular weight excluding hydrogens is 262 g/mol. The van der Waals surface area contributed by atoms with Crippen molar-refractivity contribution < 1.29 is 4.79 Å². The quantitative estimate of drug-likeness (QED) is 0.887. The molecule has 0 aliphatic rings. The van der Waals surface area contributed by atoms with E-state index in [-0.39, 0.29) is 5.91 Å². The van der Waals surface area contributed by atoms with Crippen LogP contribution in [0.3, 0.4) is 0 Å². The third-order valence-electron chi connectivity index (χ3n) is 3.33. The van der Waals surface area contributed by atoms with Crippen LogP contribution in [0.25, 0.3) is 0 Å². The van der Waals surface area contributed by atoms with Crippen molar-refractivity contribution in [3.63, 3.8) is 0 Å². The Labute approximate surface area is 125 Å². The molecule has 0 aliphatic heterocycles. The Morgan fingerprint density at radius 2 is 1.90 bits per heavy atom. The largest absolute Gasteiger partial charge is 0.373 e. The van der Waals surface area contributed by atoms with E-state index < -0.39 is 0 Å². The Morgan fingerprint density at radius 3 is 2.52 bits per heavy atom. The lowest BCUT2D eigenvalue weighted by Crippen LogP contribution is -2.23. The summed E-state index contributed by atoms with van der Waals surface area (Å²) >= 11 is 0. The van der Waals surface area contributed by atoms with Crippen molar-refractivity contribution in [1.29, 1.82) is 0 Å². The molecular formula is C17H21N3O. The van der Waals surface area contributed by atoms with Crippen LogP contribution in [0.1, 0.15) is 34.1 Å². The zero-order chi connectivity index (χ0) is 15.2. The second-order valence-electron chi connectivity index (χ2n) is 5.00. The van der Waals surface area contributed by atoms with E-state index >= 15 is 0 Å². The molecule has 4 heteroatoms. The van der Waals surface area contributed by atoms with Crippen molar-refractivity contribution in [2.45, 2.75) is 26.8 Å². The van der Waals surface area contributed by atoms with Crippen molar-refractivity contribution in [3.05, 3.63) is 58.8 Å². The molecule has 110 valence electrons. The number of nitrogens with zero attached hydrogens (tertiary/aromatic N) is 1. The van der Waals surface area contributed by atoms with Gasteiger partial charge in [0.1, 0.15) is 5.82 Å². The van der Waals surface area contributed by atoms with Gasteiger partial charge in [-0.25, -0.2) is 4.98 Å². The van der Waals surface area contributed by atoms with Gasteiger partial charge in [-0.3, -0.25) is 4.79 Å². The van der Waals surface area contributed by atoms with E-state index in [1.807, 2.05) is 44.2 Å². The number of aryl methyl sites for hydroxylation is 2. The summed E-state index contributed by atoms with van der Waals surface area (Å²) in [7, 11) is 1.80. The van der Waals surface area contributed by atoms with Crippen LogP contribution in [-0.2, 0) is 13.0 Å². The van der Waals surface area contributed by atoms with Gasteiger partial charge in [-0.1, -0.05) is 36.8 Å². The molecule has 4 nitrogen and oxygen atoms in total. The minimum absolute atomic E-state index is 0.0795. The van der Waals surface area contributed by atoms with Crippen molar-refractivity contribution in [2.75, 3.05) is 12.4 Å². The lowest BCUT2D eigenvalue weighted by atomic mass is 10.1. The number of benzene rings is 1. The van der Waals surface area contributed by atoms with Crippen LogP contribution >= 0.6 is 0 Å². The zero-order valence-corrected chi connectivity index (χ0v) is 12.7. The van der Waals surface area contributed by atoms with Gasteiger partial charge >= 0.3 is 0 Å². The van der Waals surface area contributed by atoms with E-state index in [1.165, 1.54) is 5.56 Å². The number of hydrogen-bond acceptors (Lipinski definition) is 3. The highest BCUT2D eigenvalue weighted by Gasteiger charge is 2.09. The summed E-state index contributed by atoms with van der Waals surface area (Å²) < 4.78 is 0. The van der Waals surface area contributed by atoms with Gasteiger partial charge < -0.3 is 10.6 Å². The minimum atomic E-state index is -0.0795. The maximum Gasteiger partial charge on any atom is 0.251 e. The summed E-state index contributed by atoms with van der Waals surface area (Å²) in [4.78, 5) is 16.6. The molecule has 0 radical (unpaired) electrons. The summed E-state index contributed by atoms with van der Waals surface area (Å²) in [6.45, 7) is 4.60. The molecule has 2 rings (SSSR count). The molecule has 21 heavy (non-hydrogen) atoms. The van der Waals surface area contributed by atoms with Crippen LogP contribution in [-0.4, -0.2) is 17.9 Å². The minimum Gasteiger partial charge on any atom is -0.373 e. The zero-order valence-electron chi connectivity index (χ0n) is 12.7. The Morgan fingerprint density at radius 1 is 1.19 bits per heavy atom. The molecule has 1 aromatic heterocycles. The predicted octanol–water partition coefficient (Wildman–Crippen LogP) is 2.92. The Bertz CT molecular complexity index is 598. The first-order chi connectivity index (χ1) is 10.1. The van der Waals surface area contributed by atoms with Gasteiger partial charge in [0.2, 0.25) is 0 Å². The van der Waals surface area contributed by atoms with Crippen molar-refractivity contribution >= 4 is 11.7 Å². The van der Waals surface area contributed by atoms with Gasteiger partial charge in [0.25, 0.3) is 5.91 Å². The second-order valence-corrected chi connectivity index (χ2v) is 5.00.